The smallest absolute Gasteiger partial charge is 0.122 e. The van der Waals surface area contributed by atoms with Gasteiger partial charge in [0.25, 0.3) is 0 Å². The number of halogens is 1. The molecule has 1 aromatic heterocycles. The van der Waals surface area contributed by atoms with Gasteiger partial charge in [-0.2, -0.15) is 0 Å². The van der Waals surface area contributed by atoms with Gasteiger partial charge in [-0.1, -0.05) is 12.1 Å². The quantitative estimate of drug-likeness (QED) is 0.736. The maximum absolute atomic E-state index is 10.3. The van der Waals surface area contributed by atoms with E-state index in [1.54, 1.807) is 12.3 Å². The van der Waals surface area contributed by atoms with Crippen LogP contribution >= 0.6 is 11.6 Å². The minimum atomic E-state index is -0.00565. The van der Waals surface area contributed by atoms with Gasteiger partial charge in [0.1, 0.15) is 5.75 Å². The van der Waals surface area contributed by atoms with Crippen molar-refractivity contribution >= 4 is 35.1 Å². The first-order valence-electron chi connectivity index (χ1n) is 8.47. The number of anilines is 2. The van der Waals surface area contributed by atoms with Gasteiger partial charge in [-0.3, -0.25) is 4.98 Å². The van der Waals surface area contributed by atoms with E-state index in [1.165, 1.54) is 0 Å². The number of aromatic hydroxyl groups is 1. The number of rotatable bonds is 4. The van der Waals surface area contributed by atoms with Gasteiger partial charge < -0.3 is 15.7 Å². The van der Waals surface area contributed by atoms with Gasteiger partial charge in [-0.25, -0.2) is 0 Å². The molecular weight excluding hydrogens is 334 g/mol. The molecular formula is C20H24ClN3O. The van der Waals surface area contributed by atoms with Crippen molar-refractivity contribution in [2.75, 3.05) is 5.32 Å². The lowest BCUT2D eigenvalue weighted by Gasteiger charge is -2.21. The molecule has 0 bridgehead atoms. The molecule has 1 aliphatic rings. The molecule has 0 fully saturated rings. The lowest BCUT2D eigenvalue weighted by molar-refractivity contribution is 0.412. The molecule has 2 aromatic rings. The molecule has 3 N–H and O–H groups in total. The highest BCUT2D eigenvalue weighted by molar-refractivity contribution is 6.24. The van der Waals surface area contributed by atoms with Crippen molar-refractivity contribution in [3.63, 3.8) is 0 Å². The Morgan fingerprint density at radius 1 is 1.28 bits per heavy atom. The Kier molecular flexibility index (Phi) is 5.02. The highest BCUT2D eigenvalue weighted by atomic mass is 35.5. The molecule has 0 saturated heterocycles. The van der Waals surface area contributed by atoms with Gasteiger partial charge in [0, 0.05) is 46.5 Å². The van der Waals surface area contributed by atoms with Gasteiger partial charge >= 0.3 is 0 Å². The zero-order valence-electron chi connectivity index (χ0n) is 14.8. The molecule has 132 valence electrons. The van der Waals surface area contributed by atoms with E-state index in [4.69, 9.17) is 11.6 Å². The van der Waals surface area contributed by atoms with Crippen molar-refractivity contribution in [1.29, 1.82) is 0 Å². The Labute approximate surface area is 153 Å². The molecule has 5 heteroatoms. The minimum absolute atomic E-state index is 0.00565. The van der Waals surface area contributed by atoms with Gasteiger partial charge in [0.2, 0.25) is 0 Å². The minimum Gasteiger partial charge on any atom is -0.508 e. The lowest BCUT2D eigenvalue weighted by atomic mass is 10.1. The van der Waals surface area contributed by atoms with Crippen LogP contribution in [0, 0.1) is 0 Å². The Morgan fingerprint density at radius 2 is 2.08 bits per heavy atom. The largest absolute Gasteiger partial charge is 0.508 e. The number of nitrogens with one attached hydrogen (secondary N) is 2. The summed E-state index contributed by atoms with van der Waals surface area (Å²) in [6.07, 6.45) is 6.63. The third-order valence-electron chi connectivity index (χ3n) is 4.08. The van der Waals surface area contributed by atoms with Crippen LogP contribution in [0.2, 0.25) is 0 Å². The molecule has 3 rings (SSSR count). The van der Waals surface area contributed by atoms with Gasteiger partial charge in [0.05, 0.1) is 10.7 Å². The van der Waals surface area contributed by atoms with Gasteiger partial charge in [-0.05, 0) is 45.4 Å². The molecule has 1 aromatic carbocycles. The van der Waals surface area contributed by atoms with E-state index in [-0.39, 0.29) is 16.7 Å². The Hall–Kier alpha value is -2.04. The van der Waals surface area contributed by atoms with E-state index >= 15 is 0 Å². The van der Waals surface area contributed by atoms with Crippen LogP contribution in [0.3, 0.4) is 0 Å². The molecule has 4 nitrogen and oxygen atoms in total. The normalized spacial score (nSPS) is 16.6. The number of nitrogens with zero attached hydrogens (tertiary/aromatic N) is 1. The second kappa shape index (κ2) is 7.06. The zero-order chi connectivity index (χ0) is 18.0. The molecule has 0 saturated carbocycles. The van der Waals surface area contributed by atoms with Crippen LogP contribution in [-0.2, 0) is 6.54 Å². The van der Waals surface area contributed by atoms with Crippen LogP contribution < -0.4 is 21.2 Å². The predicted molar refractivity (Wildman–Crippen MR) is 105 cm³/mol. The van der Waals surface area contributed by atoms with Crippen molar-refractivity contribution < 1.29 is 5.11 Å². The summed E-state index contributed by atoms with van der Waals surface area (Å²) in [5.41, 5.74) is 2.69. The monoisotopic (exact) mass is 357 g/mol. The maximum atomic E-state index is 10.3. The van der Waals surface area contributed by atoms with Crippen LogP contribution in [0.25, 0.3) is 12.2 Å². The fourth-order valence-corrected chi connectivity index (χ4v) is 2.93. The third kappa shape index (κ3) is 4.53. The van der Waals surface area contributed by atoms with Gasteiger partial charge in [0.15, 0.2) is 0 Å². The molecule has 1 aliphatic carbocycles. The van der Waals surface area contributed by atoms with Crippen molar-refractivity contribution in [3.8, 4) is 5.75 Å². The number of phenols is 1. The SMILES string of the molecule is CC(C)(C)NCc1ccc(Nc2ccnc3c2=CCC(Cl)C=3)cc1O. The molecule has 25 heavy (non-hydrogen) atoms. The number of hydrogen-bond acceptors (Lipinski definition) is 4. The number of benzene rings is 1. The molecule has 0 radical (unpaired) electrons. The molecule has 0 amide bonds. The number of aromatic nitrogens is 1. The number of hydrogen-bond donors (Lipinski definition) is 3. The number of fused-ring (bicyclic) bond motifs is 1. The van der Waals surface area contributed by atoms with Crippen LogP contribution in [-0.4, -0.2) is 21.0 Å². The summed E-state index contributed by atoms with van der Waals surface area (Å²) < 4.78 is 0. The fourth-order valence-electron chi connectivity index (χ4n) is 2.72. The number of pyridine rings is 1. The molecule has 1 atom stereocenters. The van der Waals surface area contributed by atoms with E-state index in [2.05, 4.69) is 42.5 Å². The second-order valence-electron chi connectivity index (χ2n) is 7.35. The van der Waals surface area contributed by atoms with Crippen molar-refractivity contribution in [1.82, 2.24) is 10.3 Å². The first-order chi connectivity index (χ1) is 11.8. The van der Waals surface area contributed by atoms with Crippen molar-refractivity contribution in [3.05, 3.63) is 46.6 Å². The van der Waals surface area contributed by atoms with Crippen LogP contribution in [0.5, 0.6) is 5.75 Å². The molecule has 0 aliphatic heterocycles. The summed E-state index contributed by atoms with van der Waals surface area (Å²) in [4.78, 5) is 4.38. The highest BCUT2D eigenvalue weighted by Gasteiger charge is 2.11. The van der Waals surface area contributed by atoms with Crippen molar-refractivity contribution in [2.45, 2.75) is 44.7 Å². The Morgan fingerprint density at radius 3 is 2.80 bits per heavy atom. The summed E-state index contributed by atoms with van der Waals surface area (Å²) in [7, 11) is 0. The van der Waals surface area contributed by atoms with E-state index in [0.29, 0.717) is 6.54 Å². The fraction of sp³-hybridized carbons (Fsp3) is 0.350. The summed E-state index contributed by atoms with van der Waals surface area (Å²) >= 11 is 6.17. The molecule has 0 spiro atoms. The number of phenolic OH excluding ortho intramolecular Hbond substituents is 1. The predicted octanol–water partition coefficient (Wildman–Crippen LogP) is 2.99. The van der Waals surface area contributed by atoms with Crippen molar-refractivity contribution in [2.24, 2.45) is 0 Å². The summed E-state index contributed by atoms with van der Waals surface area (Å²) in [6, 6.07) is 7.60. The second-order valence-corrected chi connectivity index (χ2v) is 7.91. The maximum Gasteiger partial charge on any atom is 0.122 e. The zero-order valence-corrected chi connectivity index (χ0v) is 15.6. The highest BCUT2D eigenvalue weighted by Crippen LogP contribution is 2.24. The van der Waals surface area contributed by atoms with E-state index < -0.39 is 0 Å². The van der Waals surface area contributed by atoms with Crippen LogP contribution in [0.1, 0.15) is 32.8 Å². The van der Waals surface area contributed by atoms with E-state index in [9.17, 15) is 5.11 Å². The summed E-state index contributed by atoms with van der Waals surface area (Å²) in [5, 5.41) is 19.0. The average Bonchev–Trinajstić information content (AvgIpc) is 2.53. The Bertz CT molecular complexity index is 887. The average molecular weight is 358 g/mol. The standard InChI is InChI=1S/C20H24ClN3O/c1-20(2,3)23-12-13-4-6-15(11-19(13)25)24-17-8-9-22-18-10-14(21)5-7-16(17)18/h4,6-11,14,23-25H,5,12H2,1-3H3. The topological polar surface area (TPSA) is 57.2 Å². The van der Waals surface area contributed by atoms with Crippen LogP contribution in [0.15, 0.2) is 30.5 Å². The lowest BCUT2D eigenvalue weighted by Crippen LogP contribution is -2.35. The van der Waals surface area contributed by atoms with E-state index in [0.717, 1.165) is 33.9 Å². The third-order valence-corrected chi connectivity index (χ3v) is 4.38. The number of alkyl halides is 1. The molecule has 1 unspecified atom stereocenters. The first-order valence-corrected chi connectivity index (χ1v) is 8.90. The summed E-state index contributed by atoms with van der Waals surface area (Å²) in [5.74, 6) is 0.279. The first kappa shape index (κ1) is 17.8. The van der Waals surface area contributed by atoms with Gasteiger partial charge in [-0.15, -0.1) is 11.6 Å². The van der Waals surface area contributed by atoms with Crippen LogP contribution in [0.4, 0.5) is 11.4 Å². The van der Waals surface area contributed by atoms with E-state index in [1.807, 2.05) is 24.3 Å². The summed E-state index contributed by atoms with van der Waals surface area (Å²) in [6.45, 7) is 6.93. The Balaban J connectivity index is 1.82. The molecule has 1 heterocycles.